The Kier molecular flexibility index (Phi) is 4.60. The highest BCUT2D eigenvalue weighted by molar-refractivity contribution is 6.14. The highest BCUT2D eigenvalue weighted by Gasteiger charge is 2.28. The Bertz CT molecular complexity index is 1070. The Morgan fingerprint density at radius 3 is 2.57 bits per heavy atom. The van der Waals surface area contributed by atoms with Crippen LogP contribution in [0.5, 0.6) is 17.2 Å². The first-order valence-corrected chi connectivity index (χ1v) is 8.48. The van der Waals surface area contributed by atoms with Gasteiger partial charge in [0.2, 0.25) is 5.78 Å². The molecule has 0 saturated carbocycles. The van der Waals surface area contributed by atoms with E-state index in [1.54, 1.807) is 68.0 Å². The molecule has 0 atom stereocenters. The predicted octanol–water partition coefficient (Wildman–Crippen LogP) is 3.93. The van der Waals surface area contributed by atoms with Gasteiger partial charge in [0.25, 0.3) is 0 Å². The van der Waals surface area contributed by atoms with Crippen molar-refractivity contribution < 1.29 is 23.8 Å². The summed E-state index contributed by atoms with van der Waals surface area (Å²) in [5, 5.41) is 0. The lowest BCUT2D eigenvalue weighted by atomic mass is 10.1. The number of ether oxygens (including phenoxy) is 3. The molecule has 0 spiro atoms. The van der Waals surface area contributed by atoms with E-state index >= 15 is 0 Å². The van der Waals surface area contributed by atoms with Crippen LogP contribution < -0.4 is 14.2 Å². The molecule has 1 aliphatic heterocycles. The Hall–Kier alpha value is -3.93. The number of carbonyl (C=O) groups excluding carboxylic acids is 2. The van der Waals surface area contributed by atoms with Gasteiger partial charge in [-0.25, -0.2) is 4.79 Å². The van der Waals surface area contributed by atoms with E-state index < -0.39 is 5.97 Å². The van der Waals surface area contributed by atoms with E-state index in [1.165, 1.54) is 6.07 Å². The van der Waals surface area contributed by atoms with Gasteiger partial charge in [-0.15, -0.1) is 0 Å². The van der Waals surface area contributed by atoms with Gasteiger partial charge >= 0.3 is 5.97 Å². The molecule has 1 aromatic heterocycles. The van der Waals surface area contributed by atoms with E-state index in [1.807, 2.05) is 6.07 Å². The summed E-state index contributed by atoms with van der Waals surface area (Å²) in [4.78, 5) is 28.8. The Balaban J connectivity index is 1.53. The number of hydrogen-bond donors (Lipinski definition) is 0. The molecule has 2 heterocycles. The summed E-state index contributed by atoms with van der Waals surface area (Å²) in [5.74, 6) is 0.732. The minimum Gasteiger partial charge on any atom is -0.497 e. The van der Waals surface area contributed by atoms with Gasteiger partial charge in [-0.05, 0) is 54.1 Å². The van der Waals surface area contributed by atoms with Gasteiger partial charge in [0, 0.05) is 18.5 Å². The predicted molar refractivity (Wildman–Crippen MR) is 102 cm³/mol. The second-order valence-corrected chi connectivity index (χ2v) is 6.00. The standard InChI is InChI=1S/C22H15NO5/c1-26-16-6-4-15(5-7-16)22(25)27-17-8-9-18-19(12-17)28-20(21(18)24)11-14-3-2-10-23-13-14/h2-13H,1H3. The number of hydrogen-bond acceptors (Lipinski definition) is 6. The van der Waals surface area contributed by atoms with Gasteiger partial charge in [0.1, 0.15) is 17.2 Å². The number of rotatable bonds is 4. The number of benzene rings is 2. The summed E-state index contributed by atoms with van der Waals surface area (Å²) in [7, 11) is 1.55. The van der Waals surface area contributed by atoms with Crippen molar-refractivity contribution in [1.29, 1.82) is 0 Å². The first-order chi connectivity index (χ1) is 13.6. The zero-order valence-corrected chi connectivity index (χ0v) is 14.9. The topological polar surface area (TPSA) is 74.7 Å². The Morgan fingerprint density at radius 2 is 1.86 bits per heavy atom. The molecule has 6 heteroatoms. The second-order valence-electron chi connectivity index (χ2n) is 6.00. The molecule has 4 rings (SSSR count). The largest absolute Gasteiger partial charge is 0.497 e. The van der Waals surface area contributed by atoms with Crippen LogP contribution in [0.4, 0.5) is 0 Å². The Labute approximate surface area is 161 Å². The van der Waals surface area contributed by atoms with Gasteiger partial charge in [0.15, 0.2) is 5.76 Å². The molecule has 0 unspecified atom stereocenters. The molecular weight excluding hydrogens is 358 g/mol. The molecule has 28 heavy (non-hydrogen) atoms. The molecule has 0 aliphatic carbocycles. The van der Waals surface area contributed by atoms with Gasteiger partial charge in [-0.2, -0.15) is 0 Å². The SMILES string of the molecule is COc1ccc(C(=O)Oc2ccc3c(c2)OC(=Cc2cccnc2)C3=O)cc1. The maximum Gasteiger partial charge on any atom is 0.343 e. The number of allylic oxidation sites excluding steroid dienone is 1. The lowest BCUT2D eigenvalue weighted by molar-refractivity contribution is 0.0734. The molecule has 0 bridgehead atoms. The highest BCUT2D eigenvalue weighted by atomic mass is 16.5. The molecule has 2 aromatic carbocycles. The van der Waals surface area contributed by atoms with Crippen molar-refractivity contribution in [3.8, 4) is 17.2 Å². The summed E-state index contributed by atoms with van der Waals surface area (Å²) in [6.07, 6.45) is 4.91. The second kappa shape index (κ2) is 7.36. The van der Waals surface area contributed by atoms with Gasteiger partial charge in [-0.1, -0.05) is 6.07 Å². The van der Waals surface area contributed by atoms with E-state index in [2.05, 4.69) is 4.98 Å². The van der Waals surface area contributed by atoms with Crippen LogP contribution in [-0.2, 0) is 0 Å². The van der Waals surface area contributed by atoms with Crippen LogP contribution in [0.25, 0.3) is 6.08 Å². The fourth-order valence-electron chi connectivity index (χ4n) is 2.74. The molecule has 0 amide bonds. The van der Waals surface area contributed by atoms with Crippen molar-refractivity contribution in [3.05, 3.63) is 89.4 Å². The number of nitrogens with zero attached hydrogens (tertiary/aromatic N) is 1. The number of esters is 1. The molecule has 138 valence electrons. The van der Waals surface area contributed by atoms with Gasteiger partial charge in [-0.3, -0.25) is 9.78 Å². The molecule has 0 saturated heterocycles. The lowest BCUT2D eigenvalue weighted by Gasteiger charge is -2.06. The maximum absolute atomic E-state index is 12.5. The van der Waals surface area contributed by atoms with Crippen molar-refractivity contribution in [3.63, 3.8) is 0 Å². The molecule has 0 fully saturated rings. The minimum absolute atomic E-state index is 0.196. The summed E-state index contributed by atoms with van der Waals surface area (Å²) in [6, 6.07) is 14.8. The third kappa shape index (κ3) is 3.48. The van der Waals surface area contributed by atoms with Crippen molar-refractivity contribution in [2.24, 2.45) is 0 Å². The quantitative estimate of drug-likeness (QED) is 0.392. The van der Waals surface area contributed by atoms with Crippen LogP contribution >= 0.6 is 0 Å². The van der Waals surface area contributed by atoms with E-state index in [9.17, 15) is 9.59 Å². The molecule has 3 aromatic rings. The maximum atomic E-state index is 12.5. The first-order valence-electron chi connectivity index (χ1n) is 8.48. The number of methoxy groups -OCH3 is 1. The number of carbonyl (C=O) groups is 2. The fraction of sp³-hybridized carbons (Fsp3) is 0.0455. The average Bonchev–Trinajstić information content (AvgIpc) is 3.03. The summed E-state index contributed by atoms with van der Waals surface area (Å²) < 4.78 is 16.1. The van der Waals surface area contributed by atoms with Gasteiger partial charge < -0.3 is 14.2 Å². The summed E-state index contributed by atoms with van der Waals surface area (Å²) in [5.41, 5.74) is 1.56. The molecule has 0 N–H and O–H groups in total. The van der Waals surface area contributed by atoms with Crippen molar-refractivity contribution in [2.45, 2.75) is 0 Å². The number of aromatic nitrogens is 1. The van der Waals surface area contributed by atoms with Crippen LogP contribution in [0.1, 0.15) is 26.3 Å². The third-order valence-electron chi connectivity index (χ3n) is 4.16. The van der Waals surface area contributed by atoms with Crippen molar-refractivity contribution in [2.75, 3.05) is 7.11 Å². The van der Waals surface area contributed by atoms with Crippen molar-refractivity contribution >= 4 is 17.8 Å². The van der Waals surface area contributed by atoms with E-state index in [-0.39, 0.29) is 17.3 Å². The van der Waals surface area contributed by atoms with E-state index in [0.29, 0.717) is 22.6 Å². The molecular formula is C22H15NO5. The van der Waals surface area contributed by atoms with Crippen LogP contribution in [0, 0.1) is 0 Å². The first kappa shape index (κ1) is 17.5. The summed E-state index contributed by atoms with van der Waals surface area (Å²) >= 11 is 0. The molecule has 0 radical (unpaired) electrons. The number of ketones is 1. The smallest absolute Gasteiger partial charge is 0.343 e. The summed E-state index contributed by atoms with van der Waals surface area (Å²) in [6.45, 7) is 0. The Morgan fingerprint density at radius 1 is 1.07 bits per heavy atom. The van der Waals surface area contributed by atoms with Crippen LogP contribution in [-0.4, -0.2) is 23.8 Å². The normalized spacial score (nSPS) is 13.8. The van der Waals surface area contributed by atoms with E-state index in [4.69, 9.17) is 14.2 Å². The number of pyridine rings is 1. The van der Waals surface area contributed by atoms with Crippen LogP contribution in [0.2, 0.25) is 0 Å². The number of Topliss-reactive ketones (excluding diaryl/α,β-unsaturated/α-hetero) is 1. The van der Waals surface area contributed by atoms with Gasteiger partial charge in [0.05, 0.1) is 18.2 Å². The average molecular weight is 373 g/mol. The molecule has 6 nitrogen and oxygen atoms in total. The zero-order chi connectivity index (χ0) is 19.5. The zero-order valence-electron chi connectivity index (χ0n) is 14.9. The van der Waals surface area contributed by atoms with E-state index in [0.717, 1.165) is 5.56 Å². The monoisotopic (exact) mass is 373 g/mol. The van der Waals surface area contributed by atoms with Crippen molar-refractivity contribution in [1.82, 2.24) is 4.98 Å². The number of fused-ring (bicyclic) bond motifs is 1. The highest BCUT2D eigenvalue weighted by Crippen LogP contribution is 2.35. The lowest BCUT2D eigenvalue weighted by Crippen LogP contribution is -2.08. The molecule has 1 aliphatic rings. The van der Waals surface area contributed by atoms with Crippen LogP contribution in [0.15, 0.2) is 72.8 Å². The fourth-order valence-corrected chi connectivity index (χ4v) is 2.74. The third-order valence-corrected chi connectivity index (χ3v) is 4.16. The van der Waals surface area contributed by atoms with Crippen LogP contribution in [0.3, 0.4) is 0 Å². The minimum atomic E-state index is -0.516.